The zero-order valence-electron chi connectivity index (χ0n) is 9.61. The quantitative estimate of drug-likeness (QED) is 0.910. The minimum atomic E-state index is -1.04. The lowest BCUT2D eigenvalue weighted by molar-refractivity contribution is 0.0690. The summed E-state index contributed by atoms with van der Waals surface area (Å²) >= 11 is 3.37. The number of carbonyl (C=O) groups is 1. The van der Waals surface area contributed by atoms with Crippen LogP contribution in [0.2, 0.25) is 0 Å². The summed E-state index contributed by atoms with van der Waals surface area (Å²) in [5, 5.41) is 15.3. The van der Waals surface area contributed by atoms with Crippen LogP contribution in [0, 0.1) is 0 Å². The number of nitrogens with one attached hydrogen (secondary N) is 1. The molecule has 0 unspecified atom stereocenters. The molecule has 1 aromatic heterocycles. The maximum Gasteiger partial charge on any atom is 0.353 e. The summed E-state index contributed by atoms with van der Waals surface area (Å²) in [4.78, 5) is 10.8. The number of aromatic amines is 1. The van der Waals surface area contributed by atoms with Crippen LogP contribution in [0.3, 0.4) is 0 Å². The van der Waals surface area contributed by atoms with Crippen LogP contribution in [-0.4, -0.2) is 27.9 Å². The molecule has 0 radical (unpaired) electrons. The number of carboxylic acid groups (broad SMARTS) is 1. The predicted octanol–water partition coefficient (Wildman–Crippen LogP) is 2.94. The number of hydrogen-bond donors (Lipinski definition) is 2. The van der Waals surface area contributed by atoms with E-state index >= 15 is 0 Å². The number of aromatic nitrogens is 2. The van der Waals surface area contributed by atoms with Gasteiger partial charge in [0.1, 0.15) is 11.4 Å². The molecule has 0 amide bonds. The summed E-state index contributed by atoms with van der Waals surface area (Å²) in [7, 11) is 0. The second kappa shape index (κ2) is 5.22. The second-order valence-electron chi connectivity index (χ2n) is 3.55. The fourth-order valence-corrected chi connectivity index (χ4v) is 1.91. The standard InChI is InChI=1S/C12H11BrN2O3/c1-2-18-11-4-3-7(13)5-8(11)9-6-10(12(16)17)15-14-9/h3-6H,2H2,1H3,(H,14,15)(H,16,17). The Morgan fingerprint density at radius 3 is 2.89 bits per heavy atom. The first-order valence-corrected chi connectivity index (χ1v) is 6.12. The molecule has 0 aliphatic rings. The number of benzene rings is 1. The van der Waals surface area contributed by atoms with Crippen LogP contribution in [0.25, 0.3) is 11.3 Å². The van der Waals surface area contributed by atoms with Gasteiger partial charge in [-0.1, -0.05) is 15.9 Å². The Hall–Kier alpha value is -1.82. The van der Waals surface area contributed by atoms with Gasteiger partial charge in [0.2, 0.25) is 0 Å². The van der Waals surface area contributed by atoms with Crippen LogP contribution in [0.1, 0.15) is 17.4 Å². The highest BCUT2D eigenvalue weighted by Gasteiger charge is 2.13. The SMILES string of the molecule is CCOc1ccc(Br)cc1-c1cc(C(=O)O)[nH]n1. The smallest absolute Gasteiger partial charge is 0.353 e. The van der Waals surface area contributed by atoms with Gasteiger partial charge in [-0.15, -0.1) is 0 Å². The van der Waals surface area contributed by atoms with Crippen molar-refractivity contribution in [3.05, 3.63) is 34.4 Å². The molecule has 0 saturated heterocycles. The molecule has 6 heteroatoms. The van der Waals surface area contributed by atoms with Gasteiger partial charge >= 0.3 is 5.97 Å². The third-order valence-electron chi connectivity index (χ3n) is 2.33. The van der Waals surface area contributed by atoms with Crippen molar-refractivity contribution in [2.24, 2.45) is 0 Å². The highest BCUT2D eigenvalue weighted by atomic mass is 79.9. The third kappa shape index (κ3) is 2.53. The van der Waals surface area contributed by atoms with E-state index in [4.69, 9.17) is 9.84 Å². The zero-order chi connectivity index (χ0) is 13.1. The van der Waals surface area contributed by atoms with Gasteiger partial charge in [-0.3, -0.25) is 5.10 Å². The number of aromatic carboxylic acids is 1. The Morgan fingerprint density at radius 1 is 1.50 bits per heavy atom. The van der Waals surface area contributed by atoms with E-state index in [-0.39, 0.29) is 5.69 Å². The maximum absolute atomic E-state index is 10.8. The van der Waals surface area contributed by atoms with Gasteiger partial charge < -0.3 is 9.84 Å². The molecule has 0 aliphatic heterocycles. The predicted molar refractivity (Wildman–Crippen MR) is 69.9 cm³/mol. The number of carboxylic acids is 1. The van der Waals surface area contributed by atoms with Gasteiger partial charge in [-0.05, 0) is 31.2 Å². The van der Waals surface area contributed by atoms with E-state index in [1.54, 1.807) is 0 Å². The molecule has 0 fully saturated rings. The molecule has 2 aromatic rings. The van der Waals surface area contributed by atoms with Crippen molar-refractivity contribution in [1.82, 2.24) is 10.2 Å². The van der Waals surface area contributed by atoms with Gasteiger partial charge in [0.05, 0.1) is 12.3 Å². The molecule has 5 nitrogen and oxygen atoms in total. The van der Waals surface area contributed by atoms with E-state index in [0.717, 1.165) is 10.0 Å². The van der Waals surface area contributed by atoms with Crippen molar-refractivity contribution in [1.29, 1.82) is 0 Å². The van der Waals surface area contributed by atoms with Crippen molar-refractivity contribution in [2.45, 2.75) is 6.92 Å². The Bertz CT molecular complexity index is 580. The average Bonchev–Trinajstić information content (AvgIpc) is 2.81. The summed E-state index contributed by atoms with van der Waals surface area (Å²) < 4.78 is 6.37. The molecule has 1 aromatic carbocycles. The Balaban J connectivity index is 2.47. The second-order valence-corrected chi connectivity index (χ2v) is 4.46. The minimum Gasteiger partial charge on any atom is -0.493 e. The summed E-state index contributed by atoms with van der Waals surface area (Å²) in [6, 6.07) is 7.00. The minimum absolute atomic E-state index is 0.0485. The maximum atomic E-state index is 10.8. The largest absolute Gasteiger partial charge is 0.493 e. The molecular formula is C12H11BrN2O3. The zero-order valence-corrected chi connectivity index (χ0v) is 11.2. The van der Waals surface area contributed by atoms with Crippen molar-refractivity contribution in [3.8, 4) is 17.0 Å². The Morgan fingerprint density at radius 2 is 2.28 bits per heavy atom. The fraction of sp³-hybridized carbons (Fsp3) is 0.167. The summed E-state index contributed by atoms with van der Waals surface area (Å²) in [5.74, 6) is -0.370. The lowest BCUT2D eigenvalue weighted by Gasteiger charge is -2.08. The van der Waals surface area contributed by atoms with Gasteiger partial charge in [0.15, 0.2) is 0 Å². The van der Waals surface area contributed by atoms with Gasteiger partial charge in [-0.2, -0.15) is 5.10 Å². The lowest BCUT2D eigenvalue weighted by atomic mass is 10.1. The summed E-state index contributed by atoms with van der Waals surface area (Å²) in [5.41, 5.74) is 1.33. The van der Waals surface area contributed by atoms with Crippen LogP contribution >= 0.6 is 15.9 Å². The highest BCUT2D eigenvalue weighted by molar-refractivity contribution is 9.10. The van der Waals surface area contributed by atoms with Gasteiger partial charge in [-0.25, -0.2) is 4.79 Å². The van der Waals surface area contributed by atoms with E-state index in [1.165, 1.54) is 6.07 Å². The first kappa shape index (κ1) is 12.6. The van der Waals surface area contributed by atoms with Crippen LogP contribution in [0.4, 0.5) is 0 Å². The van der Waals surface area contributed by atoms with E-state index in [0.29, 0.717) is 18.1 Å². The molecule has 0 aliphatic carbocycles. The number of halogens is 1. The summed E-state index contributed by atoms with van der Waals surface area (Å²) in [6.45, 7) is 2.42. The summed E-state index contributed by atoms with van der Waals surface area (Å²) in [6.07, 6.45) is 0. The van der Waals surface area contributed by atoms with Gasteiger partial charge in [0, 0.05) is 10.0 Å². The Kier molecular flexibility index (Phi) is 3.66. The number of nitrogens with zero attached hydrogens (tertiary/aromatic N) is 1. The number of rotatable bonds is 4. The van der Waals surface area contributed by atoms with E-state index in [2.05, 4.69) is 26.1 Å². The fourth-order valence-electron chi connectivity index (χ4n) is 1.55. The van der Waals surface area contributed by atoms with E-state index in [9.17, 15) is 4.79 Å². The molecular weight excluding hydrogens is 300 g/mol. The average molecular weight is 311 g/mol. The topological polar surface area (TPSA) is 75.2 Å². The number of ether oxygens (including phenoxy) is 1. The highest BCUT2D eigenvalue weighted by Crippen LogP contribution is 2.31. The van der Waals surface area contributed by atoms with Crippen molar-refractivity contribution in [2.75, 3.05) is 6.61 Å². The molecule has 0 saturated carbocycles. The molecule has 1 heterocycles. The molecule has 2 N–H and O–H groups in total. The molecule has 0 bridgehead atoms. The van der Waals surface area contributed by atoms with Crippen molar-refractivity contribution >= 4 is 21.9 Å². The van der Waals surface area contributed by atoms with Gasteiger partial charge in [0.25, 0.3) is 0 Å². The lowest BCUT2D eigenvalue weighted by Crippen LogP contribution is -1.95. The van der Waals surface area contributed by atoms with E-state index in [1.807, 2.05) is 25.1 Å². The monoisotopic (exact) mass is 310 g/mol. The van der Waals surface area contributed by atoms with Crippen LogP contribution in [0.15, 0.2) is 28.7 Å². The molecule has 18 heavy (non-hydrogen) atoms. The van der Waals surface area contributed by atoms with Crippen molar-refractivity contribution < 1.29 is 14.6 Å². The van der Waals surface area contributed by atoms with Crippen LogP contribution in [-0.2, 0) is 0 Å². The number of H-pyrrole nitrogens is 1. The van der Waals surface area contributed by atoms with Crippen molar-refractivity contribution in [3.63, 3.8) is 0 Å². The Labute approximate surface area is 112 Å². The van der Waals surface area contributed by atoms with E-state index < -0.39 is 5.97 Å². The molecule has 0 atom stereocenters. The third-order valence-corrected chi connectivity index (χ3v) is 2.82. The molecule has 94 valence electrons. The number of hydrogen-bond acceptors (Lipinski definition) is 3. The van der Waals surface area contributed by atoms with Crippen LogP contribution in [0.5, 0.6) is 5.75 Å². The normalized spacial score (nSPS) is 10.3. The van der Waals surface area contributed by atoms with Crippen LogP contribution < -0.4 is 4.74 Å². The first-order chi connectivity index (χ1) is 8.61. The molecule has 2 rings (SSSR count). The first-order valence-electron chi connectivity index (χ1n) is 5.33. The molecule has 0 spiro atoms.